The van der Waals surface area contributed by atoms with Gasteiger partial charge in [-0.15, -0.1) is 0 Å². The van der Waals surface area contributed by atoms with Gasteiger partial charge in [0, 0.05) is 17.7 Å². The molecule has 1 fully saturated rings. The van der Waals surface area contributed by atoms with Gasteiger partial charge in [-0.25, -0.2) is 4.79 Å². The number of amides is 2. The van der Waals surface area contributed by atoms with Crippen LogP contribution in [-0.2, 0) is 11.3 Å². The first-order chi connectivity index (χ1) is 10.3. The number of carbonyl (C=O) groups excluding carboxylic acids is 1. The average Bonchev–Trinajstić information content (AvgIpc) is 2.45. The lowest BCUT2D eigenvalue weighted by Crippen LogP contribution is -2.63. The SMILES string of the molecule is Cc1cccnc1CNC(=O)N[C@@H]1C[C@@H](OC(C)C)C1(C)C. The number of rotatable bonds is 5. The third-order valence-electron chi connectivity index (χ3n) is 4.45. The van der Waals surface area contributed by atoms with Crippen molar-refractivity contribution in [3.8, 4) is 0 Å². The van der Waals surface area contributed by atoms with Crippen LogP contribution in [0.5, 0.6) is 0 Å². The molecule has 2 N–H and O–H groups in total. The predicted molar refractivity (Wildman–Crippen MR) is 86.5 cm³/mol. The van der Waals surface area contributed by atoms with Gasteiger partial charge in [-0.3, -0.25) is 4.98 Å². The molecule has 0 aliphatic heterocycles. The summed E-state index contributed by atoms with van der Waals surface area (Å²) in [7, 11) is 0. The topological polar surface area (TPSA) is 63.2 Å². The Labute approximate surface area is 132 Å². The third kappa shape index (κ3) is 3.77. The van der Waals surface area contributed by atoms with Crippen LogP contribution in [0, 0.1) is 12.3 Å². The standard InChI is InChI=1S/C17H27N3O2/c1-11(2)22-15-9-14(17(15,4)5)20-16(21)19-10-13-12(3)7-6-8-18-13/h6-8,11,14-15H,9-10H2,1-5H3,(H2,19,20,21)/t14-,15-/m1/s1. The molecule has 2 amide bonds. The van der Waals surface area contributed by atoms with Gasteiger partial charge in [-0.1, -0.05) is 19.9 Å². The summed E-state index contributed by atoms with van der Waals surface area (Å²) in [5, 5.41) is 5.92. The van der Waals surface area contributed by atoms with E-state index in [0.29, 0.717) is 6.54 Å². The second kappa shape index (κ2) is 6.65. The highest BCUT2D eigenvalue weighted by atomic mass is 16.5. The zero-order valence-electron chi connectivity index (χ0n) is 14.1. The van der Waals surface area contributed by atoms with Crippen LogP contribution in [0.1, 0.15) is 45.4 Å². The molecule has 5 heteroatoms. The summed E-state index contributed by atoms with van der Waals surface area (Å²) in [5.74, 6) is 0. The molecule has 1 aliphatic rings. The first kappa shape index (κ1) is 16.7. The number of hydrogen-bond donors (Lipinski definition) is 2. The number of pyridine rings is 1. The monoisotopic (exact) mass is 305 g/mol. The Morgan fingerprint density at radius 2 is 2.23 bits per heavy atom. The average molecular weight is 305 g/mol. The second-order valence-corrected chi connectivity index (χ2v) is 6.88. The Morgan fingerprint density at radius 1 is 1.50 bits per heavy atom. The fourth-order valence-corrected chi connectivity index (χ4v) is 2.77. The number of urea groups is 1. The Balaban J connectivity index is 1.80. The zero-order valence-corrected chi connectivity index (χ0v) is 14.1. The molecular formula is C17H27N3O2. The van der Waals surface area contributed by atoms with E-state index in [9.17, 15) is 4.79 Å². The number of ether oxygens (including phenoxy) is 1. The van der Waals surface area contributed by atoms with E-state index in [4.69, 9.17) is 4.74 Å². The first-order valence-corrected chi connectivity index (χ1v) is 7.91. The van der Waals surface area contributed by atoms with Crippen molar-refractivity contribution in [3.63, 3.8) is 0 Å². The van der Waals surface area contributed by atoms with Crippen molar-refractivity contribution in [3.05, 3.63) is 29.6 Å². The van der Waals surface area contributed by atoms with Gasteiger partial charge in [-0.2, -0.15) is 0 Å². The molecule has 1 heterocycles. The van der Waals surface area contributed by atoms with Crippen molar-refractivity contribution in [1.29, 1.82) is 0 Å². The van der Waals surface area contributed by atoms with E-state index in [2.05, 4.69) is 29.5 Å². The molecule has 2 atom stereocenters. The Morgan fingerprint density at radius 3 is 2.82 bits per heavy atom. The van der Waals surface area contributed by atoms with E-state index in [1.54, 1.807) is 6.20 Å². The van der Waals surface area contributed by atoms with Gasteiger partial charge >= 0.3 is 6.03 Å². The van der Waals surface area contributed by atoms with E-state index in [1.165, 1.54) is 0 Å². The molecule has 0 bridgehead atoms. The Bertz CT molecular complexity index is 528. The number of carbonyl (C=O) groups is 1. The van der Waals surface area contributed by atoms with Crippen molar-refractivity contribution < 1.29 is 9.53 Å². The molecule has 0 saturated heterocycles. The fraction of sp³-hybridized carbons (Fsp3) is 0.647. The van der Waals surface area contributed by atoms with Crippen molar-refractivity contribution in [2.24, 2.45) is 5.41 Å². The molecule has 1 saturated carbocycles. The molecule has 2 rings (SSSR count). The van der Waals surface area contributed by atoms with Crippen molar-refractivity contribution >= 4 is 6.03 Å². The minimum Gasteiger partial charge on any atom is -0.375 e. The van der Waals surface area contributed by atoms with Crippen LogP contribution >= 0.6 is 0 Å². The summed E-state index contributed by atoms with van der Waals surface area (Å²) in [4.78, 5) is 16.3. The summed E-state index contributed by atoms with van der Waals surface area (Å²) in [5.41, 5.74) is 1.94. The number of hydrogen-bond acceptors (Lipinski definition) is 3. The maximum absolute atomic E-state index is 12.1. The molecular weight excluding hydrogens is 278 g/mol. The first-order valence-electron chi connectivity index (χ1n) is 7.91. The number of aromatic nitrogens is 1. The minimum absolute atomic E-state index is 0.0392. The van der Waals surface area contributed by atoms with Crippen LogP contribution in [0.15, 0.2) is 18.3 Å². The van der Waals surface area contributed by atoms with E-state index in [1.807, 2.05) is 32.9 Å². The predicted octanol–water partition coefficient (Wildman–Crippen LogP) is 2.78. The highest BCUT2D eigenvalue weighted by Gasteiger charge is 2.50. The van der Waals surface area contributed by atoms with Crippen LogP contribution in [0.4, 0.5) is 4.79 Å². The van der Waals surface area contributed by atoms with Gasteiger partial charge in [-0.05, 0) is 38.8 Å². The minimum atomic E-state index is -0.147. The van der Waals surface area contributed by atoms with Gasteiger partial charge < -0.3 is 15.4 Å². The lowest BCUT2D eigenvalue weighted by molar-refractivity contribution is -0.135. The summed E-state index contributed by atoms with van der Waals surface area (Å²) < 4.78 is 5.88. The van der Waals surface area contributed by atoms with Gasteiger partial charge in [0.25, 0.3) is 0 Å². The molecule has 0 spiro atoms. The summed E-state index contributed by atoms with van der Waals surface area (Å²) in [6, 6.07) is 3.88. The quantitative estimate of drug-likeness (QED) is 0.879. The fourth-order valence-electron chi connectivity index (χ4n) is 2.77. The largest absolute Gasteiger partial charge is 0.375 e. The molecule has 22 heavy (non-hydrogen) atoms. The lowest BCUT2D eigenvalue weighted by Gasteiger charge is -2.52. The molecule has 122 valence electrons. The van der Waals surface area contributed by atoms with Gasteiger partial charge in [0.15, 0.2) is 0 Å². The number of nitrogens with zero attached hydrogens (tertiary/aromatic N) is 1. The van der Waals surface area contributed by atoms with Crippen LogP contribution < -0.4 is 10.6 Å². The van der Waals surface area contributed by atoms with Crippen molar-refractivity contribution in [2.75, 3.05) is 0 Å². The lowest BCUT2D eigenvalue weighted by atomic mass is 9.64. The normalized spacial score (nSPS) is 23.0. The van der Waals surface area contributed by atoms with Crippen LogP contribution in [0.25, 0.3) is 0 Å². The molecule has 1 aliphatic carbocycles. The van der Waals surface area contributed by atoms with E-state index in [0.717, 1.165) is 17.7 Å². The maximum atomic E-state index is 12.1. The smallest absolute Gasteiger partial charge is 0.315 e. The summed E-state index contributed by atoms with van der Waals surface area (Å²) in [6.07, 6.45) is 3.02. The molecule has 0 unspecified atom stereocenters. The van der Waals surface area contributed by atoms with Crippen LogP contribution in [-0.4, -0.2) is 29.3 Å². The number of nitrogens with one attached hydrogen (secondary N) is 2. The van der Waals surface area contributed by atoms with Crippen molar-refractivity contribution in [1.82, 2.24) is 15.6 Å². The highest BCUT2D eigenvalue weighted by molar-refractivity contribution is 5.74. The Kier molecular flexibility index (Phi) is 5.06. The highest BCUT2D eigenvalue weighted by Crippen LogP contribution is 2.43. The number of aryl methyl sites for hydroxylation is 1. The van der Waals surface area contributed by atoms with E-state index >= 15 is 0 Å². The third-order valence-corrected chi connectivity index (χ3v) is 4.45. The van der Waals surface area contributed by atoms with Crippen LogP contribution in [0.3, 0.4) is 0 Å². The van der Waals surface area contributed by atoms with Gasteiger partial charge in [0.05, 0.1) is 24.4 Å². The van der Waals surface area contributed by atoms with Crippen LogP contribution in [0.2, 0.25) is 0 Å². The Hall–Kier alpha value is -1.62. The maximum Gasteiger partial charge on any atom is 0.315 e. The molecule has 5 nitrogen and oxygen atoms in total. The molecule has 0 radical (unpaired) electrons. The second-order valence-electron chi connectivity index (χ2n) is 6.88. The zero-order chi connectivity index (χ0) is 16.3. The molecule has 1 aromatic heterocycles. The van der Waals surface area contributed by atoms with Gasteiger partial charge in [0.1, 0.15) is 0 Å². The summed E-state index contributed by atoms with van der Waals surface area (Å²) in [6.45, 7) is 10.8. The molecule has 1 aromatic rings. The van der Waals surface area contributed by atoms with Gasteiger partial charge in [0.2, 0.25) is 0 Å². The summed E-state index contributed by atoms with van der Waals surface area (Å²) >= 11 is 0. The van der Waals surface area contributed by atoms with E-state index < -0.39 is 0 Å². The molecule has 0 aromatic carbocycles. The van der Waals surface area contributed by atoms with Crippen molar-refractivity contribution in [2.45, 2.75) is 65.8 Å². The van der Waals surface area contributed by atoms with E-state index in [-0.39, 0.29) is 29.7 Å².